The van der Waals surface area contributed by atoms with Gasteiger partial charge in [-0.25, -0.2) is 0 Å². The predicted octanol–water partition coefficient (Wildman–Crippen LogP) is 1.50. The normalized spacial score (nSPS) is 19.1. The van der Waals surface area contributed by atoms with Crippen molar-refractivity contribution in [2.24, 2.45) is 0 Å². The molecule has 104 valence electrons. The van der Waals surface area contributed by atoms with Crippen molar-refractivity contribution in [3.8, 4) is 0 Å². The number of aryl methyl sites for hydroxylation is 1. The van der Waals surface area contributed by atoms with E-state index >= 15 is 0 Å². The number of H-pyrrole nitrogens is 1. The summed E-state index contributed by atoms with van der Waals surface area (Å²) in [6.45, 7) is 4.15. The number of pyridine rings is 1. The summed E-state index contributed by atoms with van der Waals surface area (Å²) < 4.78 is 0. The van der Waals surface area contributed by atoms with Crippen molar-refractivity contribution in [1.29, 1.82) is 0 Å². The van der Waals surface area contributed by atoms with Crippen LogP contribution < -0.4 is 5.32 Å². The van der Waals surface area contributed by atoms with Gasteiger partial charge in [0, 0.05) is 38.2 Å². The molecule has 3 rings (SSSR count). The maximum absolute atomic E-state index is 12.5. The van der Waals surface area contributed by atoms with Gasteiger partial charge in [0.2, 0.25) is 0 Å². The molecule has 5 nitrogen and oxygen atoms in total. The van der Waals surface area contributed by atoms with Gasteiger partial charge in [0.15, 0.2) is 0 Å². The van der Waals surface area contributed by atoms with E-state index in [1.165, 1.54) is 0 Å². The van der Waals surface area contributed by atoms with Gasteiger partial charge in [0.25, 0.3) is 5.91 Å². The zero-order chi connectivity index (χ0) is 13.9. The molecule has 1 fully saturated rings. The lowest BCUT2D eigenvalue weighted by Gasteiger charge is -2.33. The Morgan fingerprint density at radius 2 is 2.35 bits per heavy atom. The topological polar surface area (TPSA) is 61.0 Å². The van der Waals surface area contributed by atoms with Gasteiger partial charge in [0.05, 0.1) is 6.04 Å². The van der Waals surface area contributed by atoms with E-state index < -0.39 is 0 Å². The number of carbonyl (C=O) groups excluding carboxylic acids is 1. The Kier molecular flexibility index (Phi) is 3.52. The van der Waals surface area contributed by atoms with Gasteiger partial charge in [-0.2, -0.15) is 0 Å². The molecule has 1 aliphatic heterocycles. The standard InChI is InChI=1S/C15H18N4O/c1-11-4-6-18-14(11)15(20)19-8-7-17-13(10-19)12-3-2-5-16-9-12/h2-6,9,13,17-18H,7-8,10H2,1H3. The largest absolute Gasteiger partial charge is 0.357 e. The first-order chi connectivity index (χ1) is 9.75. The fourth-order valence-corrected chi connectivity index (χ4v) is 2.58. The number of nitrogens with zero attached hydrogens (tertiary/aromatic N) is 2. The van der Waals surface area contributed by atoms with Crippen LogP contribution in [0.5, 0.6) is 0 Å². The van der Waals surface area contributed by atoms with Gasteiger partial charge in [0.1, 0.15) is 5.69 Å². The summed E-state index contributed by atoms with van der Waals surface area (Å²) >= 11 is 0. The van der Waals surface area contributed by atoms with Gasteiger partial charge in [-0.1, -0.05) is 6.07 Å². The van der Waals surface area contributed by atoms with E-state index in [2.05, 4.69) is 15.3 Å². The zero-order valence-electron chi connectivity index (χ0n) is 11.5. The molecule has 2 aromatic rings. The summed E-state index contributed by atoms with van der Waals surface area (Å²) in [5.74, 6) is 0.0721. The van der Waals surface area contributed by atoms with E-state index in [0.29, 0.717) is 12.2 Å². The molecule has 5 heteroatoms. The highest BCUT2D eigenvalue weighted by atomic mass is 16.2. The van der Waals surface area contributed by atoms with Crippen molar-refractivity contribution in [2.75, 3.05) is 19.6 Å². The highest BCUT2D eigenvalue weighted by Gasteiger charge is 2.26. The van der Waals surface area contributed by atoms with Gasteiger partial charge in [-0.3, -0.25) is 9.78 Å². The van der Waals surface area contributed by atoms with E-state index in [-0.39, 0.29) is 11.9 Å². The zero-order valence-corrected chi connectivity index (χ0v) is 11.5. The van der Waals surface area contributed by atoms with Crippen LogP contribution in [0.3, 0.4) is 0 Å². The Labute approximate surface area is 118 Å². The lowest BCUT2D eigenvalue weighted by atomic mass is 10.1. The molecule has 0 aliphatic carbocycles. The monoisotopic (exact) mass is 270 g/mol. The molecule has 20 heavy (non-hydrogen) atoms. The highest BCUT2D eigenvalue weighted by Crippen LogP contribution is 2.18. The van der Waals surface area contributed by atoms with Crippen LogP contribution in [0.2, 0.25) is 0 Å². The fraction of sp³-hybridized carbons (Fsp3) is 0.333. The maximum Gasteiger partial charge on any atom is 0.270 e. The number of piperazine rings is 1. The Hall–Kier alpha value is -2.14. The van der Waals surface area contributed by atoms with E-state index in [0.717, 1.165) is 24.2 Å². The molecule has 0 bridgehead atoms. The first kappa shape index (κ1) is 12.9. The number of nitrogens with one attached hydrogen (secondary N) is 2. The molecule has 2 aromatic heterocycles. The first-order valence-corrected chi connectivity index (χ1v) is 6.82. The van der Waals surface area contributed by atoms with Gasteiger partial charge in [-0.15, -0.1) is 0 Å². The summed E-state index contributed by atoms with van der Waals surface area (Å²) in [6.07, 6.45) is 5.42. The second kappa shape index (κ2) is 5.46. The van der Waals surface area contributed by atoms with Crippen LogP contribution in [-0.2, 0) is 0 Å². The van der Waals surface area contributed by atoms with Crippen LogP contribution in [0.4, 0.5) is 0 Å². The van der Waals surface area contributed by atoms with E-state index in [1.807, 2.05) is 42.4 Å². The van der Waals surface area contributed by atoms with Gasteiger partial charge >= 0.3 is 0 Å². The van der Waals surface area contributed by atoms with Crippen LogP contribution in [0.25, 0.3) is 0 Å². The van der Waals surface area contributed by atoms with Crippen molar-refractivity contribution < 1.29 is 4.79 Å². The minimum absolute atomic E-state index is 0.0721. The van der Waals surface area contributed by atoms with Gasteiger partial charge < -0.3 is 15.2 Å². The van der Waals surface area contributed by atoms with E-state index in [9.17, 15) is 4.79 Å². The summed E-state index contributed by atoms with van der Waals surface area (Å²) in [6, 6.07) is 6.04. The lowest BCUT2D eigenvalue weighted by molar-refractivity contribution is 0.0697. The molecular weight excluding hydrogens is 252 g/mol. The molecule has 1 atom stereocenters. The fourth-order valence-electron chi connectivity index (χ4n) is 2.58. The summed E-state index contributed by atoms with van der Waals surface area (Å²) in [5.41, 5.74) is 2.80. The third-order valence-electron chi connectivity index (χ3n) is 3.72. The summed E-state index contributed by atoms with van der Waals surface area (Å²) in [7, 11) is 0. The molecule has 1 saturated heterocycles. The molecule has 1 amide bonds. The third-order valence-corrected chi connectivity index (χ3v) is 3.72. The molecule has 0 spiro atoms. The van der Waals surface area contributed by atoms with Crippen molar-refractivity contribution in [1.82, 2.24) is 20.2 Å². The number of rotatable bonds is 2. The first-order valence-electron chi connectivity index (χ1n) is 6.82. The van der Waals surface area contributed by atoms with Crippen LogP contribution in [0.1, 0.15) is 27.7 Å². The number of amides is 1. The highest BCUT2D eigenvalue weighted by molar-refractivity contribution is 5.94. The Balaban J connectivity index is 1.76. The molecule has 3 heterocycles. The lowest BCUT2D eigenvalue weighted by Crippen LogP contribution is -2.48. The second-order valence-corrected chi connectivity index (χ2v) is 5.08. The maximum atomic E-state index is 12.5. The smallest absolute Gasteiger partial charge is 0.270 e. The van der Waals surface area contributed by atoms with Crippen molar-refractivity contribution in [3.05, 3.63) is 53.6 Å². The van der Waals surface area contributed by atoms with Crippen LogP contribution in [-0.4, -0.2) is 40.4 Å². The molecule has 2 N–H and O–H groups in total. The number of aromatic amines is 1. The summed E-state index contributed by atoms with van der Waals surface area (Å²) in [4.78, 5) is 21.6. The Morgan fingerprint density at radius 3 is 3.05 bits per heavy atom. The van der Waals surface area contributed by atoms with E-state index in [1.54, 1.807) is 6.20 Å². The average molecular weight is 270 g/mol. The summed E-state index contributed by atoms with van der Waals surface area (Å²) in [5, 5.41) is 3.44. The van der Waals surface area contributed by atoms with Crippen molar-refractivity contribution in [2.45, 2.75) is 13.0 Å². The number of carbonyl (C=O) groups is 1. The molecule has 0 radical (unpaired) electrons. The SMILES string of the molecule is Cc1cc[nH]c1C(=O)N1CCNC(c2cccnc2)C1. The quantitative estimate of drug-likeness (QED) is 0.869. The minimum atomic E-state index is 0.0721. The van der Waals surface area contributed by atoms with Gasteiger partial charge in [-0.05, 0) is 30.2 Å². The number of hydrogen-bond acceptors (Lipinski definition) is 3. The van der Waals surface area contributed by atoms with Crippen LogP contribution >= 0.6 is 0 Å². The molecular formula is C15H18N4O. The third kappa shape index (κ3) is 2.44. The average Bonchev–Trinajstić information content (AvgIpc) is 2.94. The number of hydrogen-bond donors (Lipinski definition) is 2. The number of aromatic nitrogens is 2. The van der Waals surface area contributed by atoms with Crippen molar-refractivity contribution >= 4 is 5.91 Å². The molecule has 1 aliphatic rings. The van der Waals surface area contributed by atoms with Crippen molar-refractivity contribution in [3.63, 3.8) is 0 Å². The Morgan fingerprint density at radius 1 is 1.45 bits per heavy atom. The van der Waals surface area contributed by atoms with E-state index in [4.69, 9.17) is 0 Å². The Bertz CT molecular complexity index is 593. The van der Waals surface area contributed by atoms with Crippen LogP contribution in [0.15, 0.2) is 36.8 Å². The molecule has 1 unspecified atom stereocenters. The molecule has 0 saturated carbocycles. The molecule has 0 aromatic carbocycles. The van der Waals surface area contributed by atoms with Crippen LogP contribution in [0, 0.1) is 6.92 Å². The second-order valence-electron chi connectivity index (χ2n) is 5.08. The predicted molar refractivity (Wildman–Crippen MR) is 76.4 cm³/mol. The minimum Gasteiger partial charge on any atom is -0.357 e.